The lowest BCUT2D eigenvalue weighted by Gasteiger charge is -2.04. The molecule has 0 unspecified atom stereocenters. The van der Waals surface area contributed by atoms with Crippen LogP contribution in [0.3, 0.4) is 0 Å². The lowest BCUT2D eigenvalue weighted by molar-refractivity contribution is 0.845. The van der Waals surface area contributed by atoms with Crippen molar-refractivity contribution >= 4 is 15.9 Å². The number of hydrogen-bond acceptors (Lipinski definition) is 2. The van der Waals surface area contributed by atoms with Gasteiger partial charge in [-0.05, 0) is 30.3 Å². The van der Waals surface area contributed by atoms with Crippen LogP contribution >= 0.6 is 15.9 Å². The Hall–Kier alpha value is -1.94. The summed E-state index contributed by atoms with van der Waals surface area (Å²) in [6.45, 7) is 0. The van der Waals surface area contributed by atoms with E-state index in [-0.39, 0.29) is 0 Å². The molecule has 2 aromatic heterocycles. The van der Waals surface area contributed by atoms with E-state index in [0.29, 0.717) is 0 Å². The standard InChI is InChI=1S/C15H12BrN3/c16-11-13-10-15(14-8-4-5-9-17-14)18-19(13)12-6-2-1-3-7-12/h1-10H,11H2. The average Bonchev–Trinajstić information content (AvgIpc) is 2.93. The first-order chi connectivity index (χ1) is 9.38. The number of pyridine rings is 1. The molecule has 0 fully saturated rings. The van der Waals surface area contributed by atoms with Crippen LogP contribution in [0.1, 0.15) is 5.69 Å². The molecule has 0 amide bonds. The van der Waals surface area contributed by atoms with Crippen molar-refractivity contribution in [2.45, 2.75) is 5.33 Å². The smallest absolute Gasteiger partial charge is 0.111 e. The van der Waals surface area contributed by atoms with E-state index in [1.54, 1.807) is 6.20 Å². The first kappa shape index (κ1) is 12.1. The Bertz CT molecular complexity index is 662. The number of aromatic nitrogens is 3. The van der Waals surface area contributed by atoms with E-state index < -0.39 is 0 Å². The first-order valence-corrected chi connectivity index (χ1v) is 7.12. The second kappa shape index (κ2) is 5.36. The highest BCUT2D eigenvalue weighted by Crippen LogP contribution is 2.21. The molecule has 1 aromatic carbocycles. The lowest BCUT2D eigenvalue weighted by Crippen LogP contribution is -2.00. The maximum absolute atomic E-state index is 4.65. The molecule has 0 atom stereocenters. The molecular formula is C15H12BrN3. The summed E-state index contributed by atoms with van der Waals surface area (Å²) in [6, 6.07) is 18.0. The number of benzene rings is 1. The largest absolute Gasteiger partial charge is 0.255 e. The van der Waals surface area contributed by atoms with Gasteiger partial charge in [-0.3, -0.25) is 4.98 Å². The van der Waals surface area contributed by atoms with Crippen LogP contribution in [0.5, 0.6) is 0 Å². The van der Waals surface area contributed by atoms with Crippen molar-refractivity contribution in [3.8, 4) is 17.1 Å². The van der Waals surface area contributed by atoms with Crippen LogP contribution in [0.25, 0.3) is 17.1 Å². The number of alkyl halides is 1. The maximum atomic E-state index is 4.65. The zero-order valence-corrected chi connectivity index (χ0v) is 11.8. The Labute approximate surface area is 120 Å². The molecule has 3 aromatic rings. The molecule has 0 radical (unpaired) electrons. The van der Waals surface area contributed by atoms with Gasteiger partial charge in [-0.1, -0.05) is 40.2 Å². The van der Waals surface area contributed by atoms with E-state index in [1.807, 2.05) is 53.2 Å². The van der Waals surface area contributed by atoms with Crippen LogP contribution < -0.4 is 0 Å². The van der Waals surface area contributed by atoms with Crippen molar-refractivity contribution in [1.29, 1.82) is 0 Å². The van der Waals surface area contributed by atoms with E-state index in [2.05, 4.69) is 32.1 Å². The minimum absolute atomic E-state index is 0.752. The van der Waals surface area contributed by atoms with Gasteiger partial charge in [0.15, 0.2) is 0 Å². The van der Waals surface area contributed by atoms with Gasteiger partial charge < -0.3 is 0 Å². The summed E-state index contributed by atoms with van der Waals surface area (Å²) in [4.78, 5) is 4.34. The third-order valence-electron chi connectivity index (χ3n) is 2.85. The van der Waals surface area contributed by atoms with Crippen molar-refractivity contribution in [1.82, 2.24) is 14.8 Å². The third-order valence-corrected chi connectivity index (χ3v) is 3.42. The molecule has 3 nitrogen and oxygen atoms in total. The Morgan fingerprint density at radius 1 is 0.947 bits per heavy atom. The summed E-state index contributed by atoms with van der Waals surface area (Å²) in [5.41, 5.74) is 3.93. The topological polar surface area (TPSA) is 30.7 Å². The normalized spacial score (nSPS) is 10.6. The quantitative estimate of drug-likeness (QED) is 0.688. The van der Waals surface area contributed by atoms with E-state index >= 15 is 0 Å². The highest BCUT2D eigenvalue weighted by atomic mass is 79.9. The van der Waals surface area contributed by atoms with Gasteiger partial charge in [0, 0.05) is 11.5 Å². The second-order valence-corrected chi connectivity index (χ2v) is 4.68. The number of nitrogens with zero attached hydrogens (tertiary/aromatic N) is 3. The van der Waals surface area contributed by atoms with Crippen LogP contribution in [0.2, 0.25) is 0 Å². The molecule has 0 aliphatic carbocycles. The summed E-state index contributed by atoms with van der Waals surface area (Å²) < 4.78 is 1.94. The molecule has 0 bridgehead atoms. The Morgan fingerprint density at radius 2 is 1.74 bits per heavy atom. The predicted octanol–water partition coefficient (Wildman–Crippen LogP) is 3.83. The second-order valence-electron chi connectivity index (χ2n) is 4.12. The molecule has 0 N–H and O–H groups in total. The fourth-order valence-corrected chi connectivity index (χ4v) is 2.35. The van der Waals surface area contributed by atoms with Crippen molar-refractivity contribution in [3.05, 3.63) is 66.5 Å². The van der Waals surface area contributed by atoms with Gasteiger partial charge in [-0.25, -0.2) is 4.68 Å². The Balaban J connectivity index is 2.09. The highest BCUT2D eigenvalue weighted by molar-refractivity contribution is 9.08. The Kier molecular flexibility index (Phi) is 3.42. The van der Waals surface area contributed by atoms with Gasteiger partial charge in [-0.15, -0.1) is 0 Å². The van der Waals surface area contributed by atoms with Crippen molar-refractivity contribution in [2.75, 3.05) is 0 Å². The van der Waals surface area contributed by atoms with Gasteiger partial charge >= 0.3 is 0 Å². The third kappa shape index (κ3) is 2.44. The van der Waals surface area contributed by atoms with Gasteiger partial charge in [-0.2, -0.15) is 5.10 Å². The molecule has 0 spiro atoms. The van der Waals surface area contributed by atoms with Crippen molar-refractivity contribution in [3.63, 3.8) is 0 Å². The van der Waals surface area contributed by atoms with Crippen molar-refractivity contribution < 1.29 is 0 Å². The summed E-state index contributed by atoms with van der Waals surface area (Å²) in [6.07, 6.45) is 1.78. The van der Waals surface area contributed by atoms with Crippen LogP contribution in [0, 0.1) is 0 Å². The van der Waals surface area contributed by atoms with Crippen LogP contribution in [-0.2, 0) is 5.33 Å². The minimum atomic E-state index is 0.752. The highest BCUT2D eigenvalue weighted by Gasteiger charge is 2.10. The minimum Gasteiger partial charge on any atom is -0.255 e. The van der Waals surface area contributed by atoms with Crippen LogP contribution in [-0.4, -0.2) is 14.8 Å². The van der Waals surface area contributed by atoms with Gasteiger partial charge in [0.05, 0.1) is 17.1 Å². The number of halogens is 1. The molecule has 19 heavy (non-hydrogen) atoms. The van der Waals surface area contributed by atoms with Crippen molar-refractivity contribution in [2.24, 2.45) is 0 Å². The molecule has 94 valence electrons. The van der Waals surface area contributed by atoms with E-state index in [1.165, 1.54) is 0 Å². The maximum Gasteiger partial charge on any atom is 0.111 e. The monoisotopic (exact) mass is 313 g/mol. The van der Waals surface area contributed by atoms with Crippen LogP contribution in [0.15, 0.2) is 60.8 Å². The van der Waals surface area contributed by atoms with E-state index in [9.17, 15) is 0 Å². The molecule has 0 saturated heterocycles. The van der Waals surface area contributed by atoms with E-state index in [4.69, 9.17) is 0 Å². The van der Waals surface area contributed by atoms with Crippen LogP contribution in [0.4, 0.5) is 0 Å². The molecule has 0 saturated carbocycles. The SMILES string of the molecule is BrCc1cc(-c2ccccn2)nn1-c1ccccc1. The number of para-hydroxylation sites is 1. The summed E-state index contributed by atoms with van der Waals surface area (Å²) in [5.74, 6) is 0. The van der Waals surface area contributed by atoms with E-state index in [0.717, 1.165) is 28.1 Å². The number of rotatable bonds is 3. The van der Waals surface area contributed by atoms with Gasteiger partial charge in [0.25, 0.3) is 0 Å². The summed E-state index contributed by atoms with van der Waals surface area (Å²) in [7, 11) is 0. The summed E-state index contributed by atoms with van der Waals surface area (Å²) in [5, 5.41) is 5.40. The molecule has 4 heteroatoms. The predicted molar refractivity (Wildman–Crippen MR) is 79.4 cm³/mol. The molecule has 2 heterocycles. The van der Waals surface area contributed by atoms with Gasteiger partial charge in [0.2, 0.25) is 0 Å². The zero-order chi connectivity index (χ0) is 13.1. The lowest BCUT2D eigenvalue weighted by atomic mass is 10.2. The molecule has 0 aliphatic heterocycles. The molecule has 0 aliphatic rings. The molecular weight excluding hydrogens is 302 g/mol. The average molecular weight is 314 g/mol. The fraction of sp³-hybridized carbons (Fsp3) is 0.0667. The zero-order valence-electron chi connectivity index (χ0n) is 10.2. The Morgan fingerprint density at radius 3 is 2.42 bits per heavy atom. The first-order valence-electron chi connectivity index (χ1n) is 6.00. The molecule has 3 rings (SSSR count). The fourth-order valence-electron chi connectivity index (χ4n) is 1.95. The van der Waals surface area contributed by atoms with Gasteiger partial charge in [0.1, 0.15) is 5.69 Å². The number of hydrogen-bond donors (Lipinski definition) is 0. The summed E-state index contributed by atoms with van der Waals surface area (Å²) >= 11 is 3.51.